The summed E-state index contributed by atoms with van der Waals surface area (Å²) in [7, 11) is 1.80. The van der Waals surface area contributed by atoms with Crippen LogP contribution in [0.25, 0.3) is 0 Å². The van der Waals surface area contributed by atoms with E-state index in [1.165, 1.54) is 10.4 Å². The lowest BCUT2D eigenvalue weighted by Gasteiger charge is -2.42. The minimum absolute atomic E-state index is 0.143. The minimum atomic E-state index is 0.143. The molecular weight excluding hydrogens is 214 g/mol. The molecule has 0 radical (unpaired) electrons. The van der Waals surface area contributed by atoms with Gasteiger partial charge in [0.1, 0.15) is 0 Å². The largest absolute Gasteiger partial charge is 0.315 e. The van der Waals surface area contributed by atoms with E-state index in [4.69, 9.17) is 0 Å². The van der Waals surface area contributed by atoms with Gasteiger partial charge in [-0.15, -0.1) is 10.2 Å². The summed E-state index contributed by atoms with van der Waals surface area (Å²) < 4.78 is 0. The Balaban J connectivity index is 1.88. The molecule has 1 fully saturated rings. The molecule has 1 aromatic heterocycles. The number of tetrazole rings is 1. The van der Waals surface area contributed by atoms with E-state index in [0.29, 0.717) is 0 Å². The molecule has 17 heavy (non-hydrogen) atoms. The summed E-state index contributed by atoms with van der Waals surface area (Å²) in [6, 6.07) is 10.6. The molecule has 3 rings (SSSR count). The van der Waals surface area contributed by atoms with Crippen LogP contribution in [0.2, 0.25) is 0 Å². The number of aryl methyl sites for hydroxylation is 1. The zero-order chi connectivity index (χ0) is 11.7. The number of rotatable bonds is 3. The van der Waals surface area contributed by atoms with Crippen molar-refractivity contribution in [2.45, 2.75) is 11.8 Å². The smallest absolute Gasteiger partial charge is 0.175 e. The minimum Gasteiger partial charge on any atom is -0.315 e. The quantitative estimate of drug-likeness (QED) is 0.822. The molecule has 0 saturated carbocycles. The van der Waals surface area contributed by atoms with Gasteiger partial charge in [-0.1, -0.05) is 30.3 Å². The normalized spacial score (nSPS) is 17.7. The molecule has 1 aliphatic heterocycles. The van der Waals surface area contributed by atoms with Crippen molar-refractivity contribution in [3.63, 3.8) is 0 Å². The first-order valence-electron chi connectivity index (χ1n) is 5.78. The van der Waals surface area contributed by atoms with Crippen molar-refractivity contribution in [3.05, 3.63) is 41.7 Å². The molecule has 1 N–H and O–H groups in total. The lowest BCUT2D eigenvalue weighted by atomic mass is 9.72. The van der Waals surface area contributed by atoms with Gasteiger partial charge in [0.2, 0.25) is 0 Å². The Bertz CT molecular complexity index is 501. The summed E-state index contributed by atoms with van der Waals surface area (Å²) in [5.41, 5.74) is 1.50. The van der Waals surface area contributed by atoms with E-state index in [1.807, 2.05) is 6.07 Å². The number of nitrogens with zero attached hydrogens (tertiary/aromatic N) is 4. The SMILES string of the molecule is Cn1nnc(CC2(c3ccccc3)CNC2)n1. The number of hydrogen-bond donors (Lipinski definition) is 1. The van der Waals surface area contributed by atoms with E-state index in [-0.39, 0.29) is 5.41 Å². The summed E-state index contributed by atoms with van der Waals surface area (Å²) in [6.07, 6.45) is 0.845. The topological polar surface area (TPSA) is 55.6 Å². The van der Waals surface area contributed by atoms with Crippen LogP contribution in [0.15, 0.2) is 30.3 Å². The van der Waals surface area contributed by atoms with Gasteiger partial charge in [-0.3, -0.25) is 0 Å². The lowest BCUT2D eigenvalue weighted by molar-refractivity contribution is 0.270. The second-order valence-corrected chi connectivity index (χ2v) is 4.62. The number of hydrogen-bond acceptors (Lipinski definition) is 4. The van der Waals surface area contributed by atoms with Crippen molar-refractivity contribution < 1.29 is 0 Å². The summed E-state index contributed by atoms with van der Waals surface area (Å²) in [5.74, 6) is 0.817. The van der Waals surface area contributed by atoms with Crippen molar-refractivity contribution in [2.24, 2.45) is 7.05 Å². The predicted molar refractivity (Wildman–Crippen MR) is 63.5 cm³/mol. The van der Waals surface area contributed by atoms with Crippen molar-refractivity contribution in [3.8, 4) is 0 Å². The number of aromatic nitrogens is 4. The van der Waals surface area contributed by atoms with Crippen LogP contribution in [-0.2, 0) is 18.9 Å². The first-order chi connectivity index (χ1) is 8.28. The van der Waals surface area contributed by atoms with E-state index in [9.17, 15) is 0 Å². The van der Waals surface area contributed by atoms with Gasteiger partial charge in [-0.2, -0.15) is 4.80 Å². The highest BCUT2D eigenvalue weighted by Crippen LogP contribution is 2.31. The summed E-state index contributed by atoms with van der Waals surface area (Å²) in [6.45, 7) is 1.96. The fourth-order valence-electron chi connectivity index (χ4n) is 2.35. The third-order valence-corrected chi connectivity index (χ3v) is 3.36. The van der Waals surface area contributed by atoms with Gasteiger partial charge >= 0.3 is 0 Å². The van der Waals surface area contributed by atoms with Crippen LogP contribution in [0.5, 0.6) is 0 Å². The molecule has 2 heterocycles. The highest BCUT2D eigenvalue weighted by molar-refractivity contribution is 5.30. The van der Waals surface area contributed by atoms with Gasteiger partial charge in [0, 0.05) is 24.9 Å². The van der Waals surface area contributed by atoms with Crippen LogP contribution in [0.4, 0.5) is 0 Å². The molecule has 0 bridgehead atoms. The third kappa shape index (κ3) is 1.82. The number of nitrogens with one attached hydrogen (secondary N) is 1. The molecule has 0 atom stereocenters. The molecule has 1 saturated heterocycles. The highest BCUT2D eigenvalue weighted by atomic mass is 15.6. The van der Waals surface area contributed by atoms with Crippen LogP contribution >= 0.6 is 0 Å². The number of benzene rings is 1. The summed E-state index contributed by atoms with van der Waals surface area (Å²) in [5, 5.41) is 15.6. The van der Waals surface area contributed by atoms with Crippen LogP contribution in [0, 0.1) is 0 Å². The Morgan fingerprint density at radius 3 is 2.59 bits per heavy atom. The Labute approximate surface area is 99.8 Å². The van der Waals surface area contributed by atoms with E-state index in [0.717, 1.165) is 25.3 Å². The van der Waals surface area contributed by atoms with E-state index < -0.39 is 0 Å². The molecule has 0 amide bonds. The summed E-state index contributed by atoms with van der Waals surface area (Å²) in [4.78, 5) is 1.51. The van der Waals surface area contributed by atoms with Crippen molar-refractivity contribution in [1.82, 2.24) is 25.5 Å². The second-order valence-electron chi connectivity index (χ2n) is 4.62. The van der Waals surface area contributed by atoms with Gasteiger partial charge in [0.25, 0.3) is 0 Å². The Kier molecular flexibility index (Phi) is 2.40. The standard InChI is InChI=1S/C12H15N5/c1-17-15-11(14-16-17)7-12(8-13-9-12)10-5-3-2-4-6-10/h2-6,13H,7-9H2,1H3. The van der Waals surface area contributed by atoms with Crippen LogP contribution in [0.1, 0.15) is 11.4 Å². The maximum absolute atomic E-state index is 4.27. The fourth-order valence-corrected chi connectivity index (χ4v) is 2.35. The third-order valence-electron chi connectivity index (χ3n) is 3.36. The van der Waals surface area contributed by atoms with Gasteiger partial charge in [0.05, 0.1) is 7.05 Å². The second kappa shape index (κ2) is 3.92. The van der Waals surface area contributed by atoms with Gasteiger partial charge in [-0.05, 0) is 10.8 Å². The molecule has 2 aromatic rings. The maximum atomic E-state index is 4.27. The van der Waals surface area contributed by atoms with Crippen LogP contribution in [-0.4, -0.2) is 33.3 Å². The van der Waals surface area contributed by atoms with Crippen molar-refractivity contribution in [2.75, 3.05) is 13.1 Å². The average Bonchev–Trinajstić information content (AvgIpc) is 2.71. The van der Waals surface area contributed by atoms with E-state index in [1.54, 1.807) is 7.05 Å². The predicted octanol–water partition coefficient (Wildman–Crippen LogP) is 0.294. The van der Waals surface area contributed by atoms with Gasteiger partial charge in [-0.25, -0.2) is 0 Å². The lowest BCUT2D eigenvalue weighted by Crippen LogP contribution is -2.58. The first kappa shape index (κ1) is 10.4. The maximum Gasteiger partial charge on any atom is 0.175 e. The Morgan fingerprint density at radius 2 is 2.06 bits per heavy atom. The zero-order valence-corrected chi connectivity index (χ0v) is 9.80. The first-order valence-corrected chi connectivity index (χ1v) is 5.78. The van der Waals surface area contributed by atoms with Gasteiger partial charge in [0.15, 0.2) is 5.82 Å². The van der Waals surface area contributed by atoms with Crippen LogP contribution in [0.3, 0.4) is 0 Å². The molecular formula is C12H15N5. The molecule has 1 aliphatic rings. The molecule has 1 aromatic carbocycles. The van der Waals surface area contributed by atoms with Crippen LogP contribution < -0.4 is 5.32 Å². The van der Waals surface area contributed by atoms with Crippen molar-refractivity contribution in [1.29, 1.82) is 0 Å². The van der Waals surface area contributed by atoms with Gasteiger partial charge < -0.3 is 5.32 Å². The Hall–Kier alpha value is -1.75. The Morgan fingerprint density at radius 1 is 1.29 bits per heavy atom. The molecule has 0 aliphatic carbocycles. The monoisotopic (exact) mass is 229 g/mol. The van der Waals surface area contributed by atoms with E-state index in [2.05, 4.69) is 45.0 Å². The molecule has 5 nitrogen and oxygen atoms in total. The zero-order valence-electron chi connectivity index (χ0n) is 9.80. The summed E-state index contributed by atoms with van der Waals surface area (Å²) >= 11 is 0. The molecule has 0 unspecified atom stereocenters. The van der Waals surface area contributed by atoms with E-state index >= 15 is 0 Å². The molecule has 88 valence electrons. The average molecular weight is 229 g/mol. The molecule has 5 heteroatoms. The fraction of sp³-hybridized carbons (Fsp3) is 0.417. The highest BCUT2D eigenvalue weighted by Gasteiger charge is 2.39. The molecule has 0 spiro atoms. The van der Waals surface area contributed by atoms with Crippen molar-refractivity contribution >= 4 is 0 Å².